The van der Waals surface area contributed by atoms with Gasteiger partial charge in [0.1, 0.15) is 5.82 Å². The first-order chi connectivity index (χ1) is 11.8. The van der Waals surface area contributed by atoms with Gasteiger partial charge in [-0.3, -0.25) is 4.79 Å². The van der Waals surface area contributed by atoms with Crippen LogP contribution >= 0.6 is 23.4 Å². The number of thioether (sulfide) groups is 1. The number of carbonyl (C=O) groups is 1. The van der Waals surface area contributed by atoms with Crippen molar-refractivity contribution in [3.8, 4) is 0 Å². The second kappa shape index (κ2) is 7.39. The van der Waals surface area contributed by atoms with Gasteiger partial charge in [-0.1, -0.05) is 11.6 Å². The van der Waals surface area contributed by atoms with E-state index in [9.17, 15) is 13.2 Å². The van der Waals surface area contributed by atoms with Crippen molar-refractivity contribution in [2.75, 3.05) is 22.6 Å². The minimum Gasteiger partial charge on any atom is -0.310 e. The van der Waals surface area contributed by atoms with Gasteiger partial charge in [0.25, 0.3) is 0 Å². The Morgan fingerprint density at radius 2 is 2.12 bits per heavy atom. The number of aryl methyl sites for hydroxylation is 1. The van der Waals surface area contributed by atoms with E-state index in [1.54, 1.807) is 22.9 Å². The largest absolute Gasteiger partial charge is 0.310 e. The van der Waals surface area contributed by atoms with E-state index in [2.05, 4.69) is 10.4 Å². The summed E-state index contributed by atoms with van der Waals surface area (Å²) < 4.78 is 25.0. The van der Waals surface area contributed by atoms with Gasteiger partial charge in [-0.25, -0.2) is 13.1 Å². The van der Waals surface area contributed by atoms with E-state index in [1.165, 1.54) is 11.8 Å². The topological polar surface area (TPSA) is 81.1 Å². The Balaban J connectivity index is 1.64. The molecule has 0 aliphatic carbocycles. The summed E-state index contributed by atoms with van der Waals surface area (Å²) in [6.07, 6.45) is 0.520. The fraction of sp³-hybridized carbons (Fsp3) is 0.375. The second-order valence-corrected chi connectivity index (χ2v) is 9.68. The van der Waals surface area contributed by atoms with Crippen LogP contribution in [-0.4, -0.2) is 41.4 Å². The molecule has 1 aliphatic rings. The number of anilines is 1. The van der Waals surface area contributed by atoms with E-state index >= 15 is 0 Å². The lowest BCUT2D eigenvalue weighted by molar-refractivity contribution is -0.113. The van der Waals surface area contributed by atoms with Crippen molar-refractivity contribution in [3.05, 3.63) is 41.0 Å². The van der Waals surface area contributed by atoms with Crippen molar-refractivity contribution in [2.45, 2.75) is 24.3 Å². The molecule has 3 rings (SSSR count). The quantitative estimate of drug-likeness (QED) is 0.782. The molecule has 2 aromatic rings. The summed E-state index contributed by atoms with van der Waals surface area (Å²) in [6.45, 7) is 1.82. The summed E-state index contributed by atoms with van der Waals surface area (Å²) in [5, 5.41) is 7.84. The van der Waals surface area contributed by atoms with Gasteiger partial charge in [-0.15, -0.1) is 11.8 Å². The third-order valence-electron chi connectivity index (χ3n) is 3.86. The molecule has 1 unspecified atom stereocenters. The molecule has 0 spiro atoms. The SMILES string of the molecule is Cc1cc(NC(=O)CSc2ccc(Cl)cc2)n(C2CCS(=O)(=O)C2)n1. The predicted molar refractivity (Wildman–Crippen MR) is 100 cm³/mol. The number of amides is 1. The molecule has 0 radical (unpaired) electrons. The molecular weight excluding hydrogens is 382 g/mol. The van der Waals surface area contributed by atoms with E-state index in [0.29, 0.717) is 17.3 Å². The second-order valence-electron chi connectivity index (χ2n) is 5.96. The lowest BCUT2D eigenvalue weighted by Crippen LogP contribution is -2.20. The Hall–Kier alpha value is -1.51. The van der Waals surface area contributed by atoms with Crippen LogP contribution in [0.5, 0.6) is 0 Å². The number of benzene rings is 1. The van der Waals surface area contributed by atoms with Gasteiger partial charge in [0.15, 0.2) is 9.84 Å². The van der Waals surface area contributed by atoms with E-state index in [0.717, 1.165) is 10.6 Å². The number of sulfone groups is 1. The molecule has 2 heterocycles. The normalized spacial score (nSPS) is 19.0. The third-order valence-corrected chi connectivity index (χ3v) is 6.88. The van der Waals surface area contributed by atoms with Gasteiger partial charge >= 0.3 is 0 Å². The van der Waals surface area contributed by atoms with Crippen molar-refractivity contribution in [1.29, 1.82) is 0 Å². The van der Waals surface area contributed by atoms with Crippen LogP contribution in [0.3, 0.4) is 0 Å². The van der Waals surface area contributed by atoms with Gasteiger partial charge in [-0.05, 0) is 37.6 Å². The fourth-order valence-corrected chi connectivity index (χ4v) is 5.23. The van der Waals surface area contributed by atoms with Crippen LogP contribution in [0.2, 0.25) is 5.02 Å². The highest BCUT2D eigenvalue weighted by Crippen LogP contribution is 2.27. The highest BCUT2D eigenvalue weighted by Gasteiger charge is 2.31. The zero-order valence-electron chi connectivity index (χ0n) is 13.6. The lowest BCUT2D eigenvalue weighted by Gasteiger charge is -2.13. The fourth-order valence-electron chi connectivity index (χ4n) is 2.72. The van der Waals surface area contributed by atoms with Crippen LogP contribution in [0, 0.1) is 6.92 Å². The molecule has 134 valence electrons. The molecule has 25 heavy (non-hydrogen) atoms. The molecule has 1 aromatic heterocycles. The van der Waals surface area contributed by atoms with Gasteiger partial charge in [0.05, 0.1) is 29.0 Å². The molecule has 1 N–H and O–H groups in total. The molecule has 1 aliphatic heterocycles. The lowest BCUT2D eigenvalue weighted by atomic mass is 10.3. The molecule has 1 atom stereocenters. The van der Waals surface area contributed by atoms with Crippen molar-refractivity contribution < 1.29 is 13.2 Å². The Kier molecular flexibility index (Phi) is 5.41. The number of aromatic nitrogens is 2. The number of hydrogen-bond acceptors (Lipinski definition) is 5. The first-order valence-electron chi connectivity index (χ1n) is 7.77. The summed E-state index contributed by atoms with van der Waals surface area (Å²) in [5.41, 5.74) is 0.741. The van der Waals surface area contributed by atoms with Crippen molar-refractivity contribution in [3.63, 3.8) is 0 Å². The van der Waals surface area contributed by atoms with Crippen LogP contribution in [-0.2, 0) is 14.6 Å². The Labute approximate surface area is 155 Å². The molecule has 6 nitrogen and oxygen atoms in total. The number of halogens is 1. The minimum absolute atomic E-state index is 0.0660. The summed E-state index contributed by atoms with van der Waals surface area (Å²) in [6, 6.07) is 8.81. The standard InChI is InChI=1S/C16H18ClN3O3S2/c1-11-8-15(20(19-11)13-6-7-25(22,23)10-13)18-16(21)9-24-14-4-2-12(17)3-5-14/h2-5,8,13H,6-7,9-10H2,1H3,(H,18,21). The van der Waals surface area contributed by atoms with Gasteiger partial charge in [0.2, 0.25) is 5.91 Å². The van der Waals surface area contributed by atoms with Gasteiger partial charge in [0, 0.05) is 16.0 Å². The maximum atomic E-state index is 12.2. The summed E-state index contributed by atoms with van der Waals surface area (Å²) >= 11 is 7.25. The maximum Gasteiger partial charge on any atom is 0.235 e. The van der Waals surface area contributed by atoms with Crippen LogP contribution in [0.25, 0.3) is 0 Å². The molecule has 0 bridgehead atoms. The highest BCUT2D eigenvalue weighted by molar-refractivity contribution is 8.00. The Morgan fingerprint density at radius 1 is 1.40 bits per heavy atom. The zero-order chi connectivity index (χ0) is 18.0. The predicted octanol–water partition coefficient (Wildman–Crippen LogP) is 2.94. The van der Waals surface area contributed by atoms with Crippen molar-refractivity contribution in [2.24, 2.45) is 0 Å². The maximum absolute atomic E-state index is 12.2. The molecule has 1 amide bonds. The molecule has 9 heteroatoms. The summed E-state index contributed by atoms with van der Waals surface area (Å²) in [7, 11) is -3.02. The summed E-state index contributed by atoms with van der Waals surface area (Å²) in [4.78, 5) is 13.2. The van der Waals surface area contributed by atoms with E-state index in [4.69, 9.17) is 11.6 Å². The molecule has 1 aromatic carbocycles. The summed E-state index contributed by atoms with van der Waals surface area (Å²) in [5.74, 6) is 0.852. The smallest absolute Gasteiger partial charge is 0.235 e. The highest BCUT2D eigenvalue weighted by atomic mass is 35.5. The molecule has 0 saturated carbocycles. The van der Waals surface area contributed by atoms with E-state index in [1.807, 2.05) is 19.1 Å². The number of nitrogens with one attached hydrogen (secondary N) is 1. The van der Waals surface area contributed by atoms with E-state index < -0.39 is 9.84 Å². The number of hydrogen-bond donors (Lipinski definition) is 1. The molecule has 1 fully saturated rings. The average Bonchev–Trinajstić information content (AvgIpc) is 3.08. The van der Waals surface area contributed by atoms with Crippen molar-refractivity contribution >= 4 is 44.9 Å². The molecular formula is C16H18ClN3O3S2. The Bertz CT molecular complexity index is 879. The monoisotopic (exact) mass is 399 g/mol. The minimum atomic E-state index is -3.02. The van der Waals surface area contributed by atoms with Crippen LogP contribution in [0.15, 0.2) is 35.2 Å². The number of nitrogens with zero attached hydrogens (tertiary/aromatic N) is 2. The number of carbonyl (C=O) groups excluding carboxylic acids is 1. The first-order valence-corrected chi connectivity index (χ1v) is 11.0. The Morgan fingerprint density at radius 3 is 2.76 bits per heavy atom. The van der Waals surface area contributed by atoms with E-state index in [-0.39, 0.29) is 29.2 Å². The number of rotatable bonds is 5. The van der Waals surface area contributed by atoms with Gasteiger partial charge < -0.3 is 5.32 Å². The molecule has 1 saturated heterocycles. The van der Waals surface area contributed by atoms with Crippen molar-refractivity contribution in [1.82, 2.24) is 9.78 Å². The first kappa shape index (κ1) is 18.3. The van der Waals surface area contributed by atoms with Crippen LogP contribution < -0.4 is 5.32 Å². The van der Waals surface area contributed by atoms with Crippen LogP contribution in [0.4, 0.5) is 5.82 Å². The zero-order valence-corrected chi connectivity index (χ0v) is 16.0. The van der Waals surface area contributed by atoms with Crippen LogP contribution in [0.1, 0.15) is 18.2 Å². The third kappa shape index (κ3) is 4.77. The average molecular weight is 400 g/mol. The van der Waals surface area contributed by atoms with Gasteiger partial charge in [-0.2, -0.15) is 5.10 Å².